The predicted octanol–water partition coefficient (Wildman–Crippen LogP) is 1.48. The molecule has 0 atom stereocenters. The summed E-state index contributed by atoms with van der Waals surface area (Å²) >= 11 is 0. The lowest BCUT2D eigenvalue weighted by Gasteiger charge is -1.97. The average Bonchev–Trinajstić information content (AvgIpc) is 2.31. The molecule has 0 fully saturated rings. The van der Waals surface area contributed by atoms with Crippen LogP contribution in [0.15, 0.2) is 10.6 Å². The molecule has 13 heavy (non-hydrogen) atoms. The molecular formula is C7H12NO4P. The second-order valence-electron chi connectivity index (χ2n) is 3.20. The maximum Gasteiger partial charge on any atom is 0.333 e. The van der Waals surface area contributed by atoms with Crippen LogP contribution in [0.2, 0.25) is 0 Å². The highest BCUT2D eigenvalue weighted by Crippen LogP contribution is 2.39. The van der Waals surface area contributed by atoms with Gasteiger partial charge in [0.1, 0.15) is 11.9 Å². The van der Waals surface area contributed by atoms with Crippen LogP contribution >= 0.6 is 7.60 Å². The average molecular weight is 205 g/mol. The molecule has 0 aliphatic heterocycles. The number of nitrogens with zero attached hydrogens (tertiary/aromatic N) is 1. The van der Waals surface area contributed by atoms with Crippen LogP contribution in [0.3, 0.4) is 0 Å². The van der Waals surface area contributed by atoms with Crippen molar-refractivity contribution in [1.29, 1.82) is 0 Å². The van der Waals surface area contributed by atoms with Gasteiger partial charge in [-0.15, -0.1) is 0 Å². The largest absolute Gasteiger partial charge is 0.360 e. The summed E-state index contributed by atoms with van der Waals surface area (Å²) < 4.78 is 15.3. The Kier molecular flexibility index (Phi) is 2.91. The Balaban J connectivity index is 2.75. The molecule has 0 radical (unpaired) electrons. The highest BCUT2D eigenvalue weighted by Gasteiger charge is 2.18. The van der Waals surface area contributed by atoms with E-state index in [1.807, 2.05) is 13.8 Å². The molecule has 0 aliphatic rings. The Morgan fingerprint density at radius 1 is 1.62 bits per heavy atom. The fourth-order valence-electron chi connectivity index (χ4n) is 0.879. The van der Waals surface area contributed by atoms with Crippen molar-refractivity contribution in [2.75, 3.05) is 0 Å². The molecule has 1 aromatic rings. The van der Waals surface area contributed by atoms with E-state index in [2.05, 4.69) is 5.16 Å². The van der Waals surface area contributed by atoms with Crippen LogP contribution in [-0.4, -0.2) is 14.9 Å². The minimum atomic E-state index is -4.04. The van der Waals surface area contributed by atoms with Crippen molar-refractivity contribution in [3.05, 3.63) is 17.5 Å². The van der Waals surface area contributed by atoms with E-state index in [9.17, 15) is 4.57 Å². The first kappa shape index (κ1) is 10.4. The van der Waals surface area contributed by atoms with E-state index in [0.717, 1.165) is 0 Å². The van der Waals surface area contributed by atoms with Crippen molar-refractivity contribution >= 4 is 7.60 Å². The Bertz CT molecular complexity index is 327. The molecule has 6 heteroatoms. The summed E-state index contributed by atoms with van der Waals surface area (Å²) in [4.78, 5) is 17.3. The fraction of sp³-hybridized carbons (Fsp3) is 0.571. The van der Waals surface area contributed by atoms with Crippen LogP contribution < -0.4 is 0 Å². The second-order valence-corrected chi connectivity index (χ2v) is 4.84. The lowest BCUT2D eigenvalue weighted by molar-refractivity contribution is 0.348. The van der Waals surface area contributed by atoms with Gasteiger partial charge in [0.2, 0.25) is 0 Å². The van der Waals surface area contributed by atoms with Gasteiger partial charge < -0.3 is 14.3 Å². The van der Waals surface area contributed by atoms with Crippen LogP contribution in [0.5, 0.6) is 0 Å². The maximum absolute atomic E-state index is 10.6. The smallest absolute Gasteiger partial charge is 0.333 e. The third-order valence-corrected chi connectivity index (χ3v) is 2.25. The Morgan fingerprint density at radius 2 is 2.23 bits per heavy atom. The summed E-state index contributed by atoms with van der Waals surface area (Å²) in [6.07, 6.45) is -0.382. The van der Waals surface area contributed by atoms with Gasteiger partial charge >= 0.3 is 7.60 Å². The first-order valence-electron chi connectivity index (χ1n) is 3.88. The first-order valence-corrected chi connectivity index (χ1v) is 5.68. The third kappa shape index (κ3) is 3.30. The molecular weight excluding hydrogens is 193 g/mol. The Labute approximate surface area is 75.9 Å². The zero-order valence-corrected chi connectivity index (χ0v) is 8.36. The molecule has 0 aliphatic carbocycles. The summed E-state index contributed by atoms with van der Waals surface area (Å²) in [5, 5.41) is 3.68. The summed E-state index contributed by atoms with van der Waals surface area (Å²) in [6.45, 7) is 3.86. The van der Waals surface area contributed by atoms with E-state index in [1.54, 1.807) is 6.07 Å². The van der Waals surface area contributed by atoms with Gasteiger partial charge in [-0.05, 0) is 5.92 Å². The Hall–Kier alpha value is -0.640. The standard InChI is InChI=1S/C7H12NO4P/c1-5(2)7-3-6(12-8-7)4-13(9,10)11/h3,5H,4H2,1-2H3,(H2,9,10,11). The highest BCUT2D eigenvalue weighted by molar-refractivity contribution is 7.50. The quantitative estimate of drug-likeness (QED) is 0.730. The van der Waals surface area contributed by atoms with Crippen LogP contribution in [0, 0.1) is 0 Å². The molecule has 1 heterocycles. The molecule has 5 nitrogen and oxygen atoms in total. The van der Waals surface area contributed by atoms with Gasteiger partial charge in [0.05, 0.1) is 5.69 Å². The summed E-state index contributed by atoms with van der Waals surface area (Å²) in [5.74, 6) is 0.436. The third-order valence-electron chi connectivity index (χ3n) is 1.53. The molecule has 0 aromatic carbocycles. The molecule has 0 unspecified atom stereocenters. The van der Waals surface area contributed by atoms with Crippen LogP contribution in [0.4, 0.5) is 0 Å². The number of hydrogen-bond donors (Lipinski definition) is 2. The monoisotopic (exact) mass is 205 g/mol. The maximum atomic E-state index is 10.6. The Morgan fingerprint density at radius 3 is 2.62 bits per heavy atom. The zero-order chi connectivity index (χ0) is 10.1. The van der Waals surface area contributed by atoms with E-state index in [-0.39, 0.29) is 17.8 Å². The van der Waals surface area contributed by atoms with Gasteiger partial charge in [-0.25, -0.2) is 0 Å². The van der Waals surface area contributed by atoms with Crippen molar-refractivity contribution < 1.29 is 18.9 Å². The molecule has 0 amide bonds. The van der Waals surface area contributed by atoms with Crippen LogP contribution in [0.25, 0.3) is 0 Å². The number of aromatic nitrogens is 1. The normalized spacial score (nSPS) is 12.4. The van der Waals surface area contributed by atoms with Crippen molar-refractivity contribution in [2.45, 2.75) is 25.9 Å². The molecule has 0 bridgehead atoms. The summed E-state index contributed by atoms with van der Waals surface area (Å²) in [5.41, 5.74) is 0.712. The fourth-order valence-corrected chi connectivity index (χ4v) is 1.43. The molecule has 0 saturated heterocycles. The van der Waals surface area contributed by atoms with Crippen LogP contribution in [-0.2, 0) is 10.7 Å². The van der Waals surface area contributed by atoms with Crippen molar-refractivity contribution in [2.24, 2.45) is 0 Å². The van der Waals surface area contributed by atoms with Gasteiger partial charge in [0.25, 0.3) is 0 Å². The van der Waals surface area contributed by atoms with Crippen molar-refractivity contribution in [3.63, 3.8) is 0 Å². The van der Waals surface area contributed by atoms with E-state index >= 15 is 0 Å². The topological polar surface area (TPSA) is 83.6 Å². The summed E-state index contributed by atoms with van der Waals surface area (Å²) in [6, 6.07) is 1.57. The summed E-state index contributed by atoms with van der Waals surface area (Å²) in [7, 11) is -4.04. The van der Waals surface area contributed by atoms with Crippen molar-refractivity contribution in [3.8, 4) is 0 Å². The molecule has 1 rings (SSSR count). The lowest BCUT2D eigenvalue weighted by atomic mass is 10.1. The van der Waals surface area contributed by atoms with Gasteiger partial charge in [0.15, 0.2) is 0 Å². The van der Waals surface area contributed by atoms with Crippen LogP contribution in [0.1, 0.15) is 31.2 Å². The van der Waals surface area contributed by atoms with E-state index < -0.39 is 7.60 Å². The van der Waals surface area contributed by atoms with Gasteiger partial charge in [-0.2, -0.15) is 0 Å². The van der Waals surface area contributed by atoms with E-state index in [1.165, 1.54) is 0 Å². The highest BCUT2D eigenvalue weighted by atomic mass is 31.2. The molecule has 2 N–H and O–H groups in total. The molecule has 74 valence electrons. The lowest BCUT2D eigenvalue weighted by Crippen LogP contribution is -1.85. The van der Waals surface area contributed by atoms with Gasteiger partial charge in [-0.1, -0.05) is 19.0 Å². The van der Waals surface area contributed by atoms with Gasteiger partial charge in [-0.3, -0.25) is 4.57 Å². The zero-order valence-electron chi connectivity index (χ0n) is 7.47. The minimum Gasteiger partial charge on any atom is -0.360 e. The SMILES string of the molecule is CC(C)c1cc(CP(=O)(O)O)on1. The van der Waals surface area contributed by atoms with E-state index in [0.29, 0.717) is 5.69 Å². The van der Waals surface area contributed by atoms with Gasteiger partial charge in [0, 0.05) is 6.07 Å². The number of rotatable bonds is 3. The van der Waals surface area contributed by atoms with Crippen molar-refractivity contribution in [1.82, 2.24) is 5.16 Å². The first-order chi connectivity index (χ1) is 5.88. The molecule has 1 aromatic heterocycles. The van der Waals surface area contributed by atoms with E-state index in [4.69, 9.17) is 14.3 Å². The molecule has 0 spiro atoms. The second kappa shape index (κ2) is 3.62. The predicted molar refractivity (Wildman–Crippen MR) is 46.3 cm³/mol. The minimum absolute atomic E-state index is 0.203. The molecule has 0 saturated carbocycles. The number of hydrogen-bond acceptors (Lipinski definition) is 3.